The van der Waals surface area contributed by atoms with Gasteiger partial charge in [0.15, 0.2) is 16.4 Å². The summed E-state index contributed by atoms with van der Waals surface area (Å²) in [4.78, 5) is 13.1. The van der Waals surface area contributed by atoms with E-state index in [4.69, 9.17) is 4.42 Å². The van der Waals surface area contributed by atoms with E-state index in [1.807, 2.05) is 30.3 Å². The number of furan rings is 1. The molecule has 3 heterocycles. The van der Waals surface area contributed by atoms with E-state index in [1.165, 1.54) is 0 Å². The lowest BCUT2D eigenvalue weighted by atomic mass is 10.0. The number of anilines is 2. The smallest absolute Gasteiger partial charge is 0.410 e. The first-order valence-corrected chi connectivity index (χ1v) is 11.5. The number of nitrogens with zero attached hydrogens (tertiary/aromatic N) is 2. The third kappa shape index (κ3) is 4.04. The van der Waals surface area contributed by atoms with Crippen LogP contribution in [0.4, 0.5) is 24.7 Å². The number of benzene rings is 2. The molecule has 170 valence electrons. The Balaban J connectivity index is 1.52. The molecule has 11 heteroatoms. The maximum Gasteiger partial charge on any atom is 0.410 e. The number of amides is 1. The summed E-state index contributed by atoms with van der Waals surface area (Å²) in [5.41, 5.74) is 0.385. The Bertz CT molecular complexity index is 1360. The largest absolute Gasteiger partial charge is 0.452 e. The Hall–Kier alpha value is -2.79. The van der Waals surface area contributed by atoms with Gasteiger partial charge < -0.3 is 15.1 Å². The van der Waals surface area contributed by atoms with Crippen molar-refractivity contribution in [2.45, 2.75) is 24.7 Å². The van der Waals surface area contributed by atoms with Crippen LogP contribution in [0.3, 0.4) is 0 Å². The fraction of sp³-hybridized carbons (Fsp3) is 0.182. The van der Waals surface area contributed by atoms with Crippen molar-refractivity contribution >= 4 is 60.0 Å². The predicted molar refractivity (Wildman–Crippen MR) is 124 cm³/mol. The van der Waals surface area contributed by atoms with Gasteiger partial charge in [-0.15, -0.1) is 0 Å². The van der Waals surface area contributed by atoms with E-state index in [1.54, 1.807) is 24.3 Å². The fourth-order valence-corrected chi connectivity index (χ4v) is 4.83. The Morgan fingerprint density at radius 1 is 1.12 bits per heavy atom. The molecule has 0 unspecified atom stereocenters. The monoisotopic (exact) mass is 582 g/mol. The summed E-state index contributed by atoms with van der Waals surface area (Å²) >= 11 is 6.46. The highest BCUT2D eigenvalue weighted by molar-refractivity contribution is 9.10. The van der Waals surface area contributed by atoms with Gasteiger partial charge in [-0.05, 0) is 55.4 Å². The van der Waals surface area contributed by atoms with Gasteiger partial charge in [0, 0.05) is 17.5 Å². The minimum absolute atomic E-state index is 0.0594. The average Bonchev–Trinajstić information content (AvgIpc) is 3.36. The number of carbonyl (C=O) groups is 1. The molecule has 6 nitrogen and oxygen atoms in total. The molecule has 0 saturated carbocycles. The van der Waals surface area contributed by atoms with Crippen LogP contribution in [0.1, 0.15) is 34.8 Å². The molecule has 2 aromatic carbocycles. The first-order valence-electron chi connectivity index (χ1n) is 9.88. The molecule has 1 aliphatic rings. The number of hydrogen-bond donors (Lipinski definition) is 2. The van der Waals surface area contributed by atoms with E-state index in [0.29, 0.717) is 16.1 Å². The minimum Gasteiger partial charge on any atom is -0.452 e. The summed E-state index contributed by atoms with van der Waals surface area (Å²) in [6, 6.07) is 13.4. The van der Waals surface area contributed by atoms with Crippen LogP contribution in [0.15, 0.2) is 68.2 Å². The molecule has 0 saturated heterocycles. The fourth-order valence-electron chi connectivity index (χ4n) is 3.95. The summed E-state index contributed by atoms with van der Waals surface area (Å²) in [6.07, 6.45) is -4.91. The molecular formula is C22H15Br2F3N4O2. The molecule has 0 radical (unpaired) electrons. The Morgan fingerprint density at radius 2 is 1.88 bits per heavy atom. The highest BCUT2D eigenvalue weighted by atomic mass is 79.9. The molecular weight excluding hydrogens is 569 g/mol. The molecule has 2 atom stereocenters. The van der Waals surface area contributed by atoms with Crippen LogP contribution in [0.25, 0.3) is 10.8 Å². The first kappa shape index (κ1) is 22.0. The zero-order valence-electron chi connectivity index (χ0n) is 16.7. The van der Waals surface area contributed by atoms with E-state index >= 15 is 0 Å². The summed E-state index contributed by atoms with van der Waals surface area (Å²) < 4.78 is 48.6. The van der Waals surface area contributed by atoms with E-state index < -0.39 is 24.2 Å². The van der Waals surface area contributed by atoms with Gasteiger partial charge in [0.25, 0.3) is 5.91 Å². The van der Waals surface area contributed by atoms with Crippen LogP contribution >= 0.6 is 31.9 Å². The molecule has 1 amide bonds. The van der Waals surface area contributed by atoms with Crippen molar-refractivity contribution in [2.24, 2.45) is 0 Å². The van der Waals surface area contributed by atoms with Gasteiger partial charge in [0.2, 0.25) is 0 Å². The first-order chi connectivity index (χ1) is 15.7. The van der Waals surface area contributed by atoms with Crippen molar-refractivity contribution < 1.29 is 22.4 Å². The lowest BCUT2D eigenvalue weighted by molar-refractivity contribution is -0.174. The van der Waals surface area contributed by atoms with Gasteiger partial charge >= 0.3 is 6.18 Å². The van der Waals surface area contributed by atoms with Crippen LogP contribution in [0.2, 0.25) is 0 Å². The van der Waals surface area contributed by atoms with Crippen LogP contribution in [-0.2, 0) is 0 Å². The third-order valence-electron chi connectivity index (χ3n) is 5.49. The second kappa shape index (κ2) is 8.21. The van der Waals surface area contributed by atoms with Crippen LogP contribution in [0, 0.1) is 0 Å². The van der Waals surface area contributed by atoms with Crippen molar-refractivity contribution in [3.05, 3.63) is 75.2 Å². The predicted octanol–water partition coefficient (Wildman–Crippen LogP) is 7.07. The van der Waals surface area contributed by atoms with Crippen molar-refractivity contribution in [1.29, 1.82) is 0 Å². The van der Waals surface area contributed by atoms with Gasteiger partial charge in [-0.25, -0.2) is 4.68 Å². The minimum atomic E-state index is -4.58. The molecule has 2 N–H and O–H groups in total. The second-order valence-corrected chi connectivity index (χ2v) is 9.14. The average molecular weight is 584 g/mol. The Kier molecular flexibility index (Phi) is 5.48. The van der Waals surface area contributed by atoms with Crippen LogP contribution in [-0.4, -0.2) is 21.9 Å². The van der Waals surface area contributed by atoms with E-state index in [0.717, 1.165) is 15.5 Å². The number of aromatic nitrogens is 2. The van der Waals surface area contributed by atoms with Gasteiger partial charge in [-0.1, -0.05) is 36.4 Å². The summed E-state index contributed by atoms with van der Waals surface area (Å²) in [5.74, 6) is -0.221. The molecule has 0 fully saturated rings. The Morgan fingerprint density at radius 3 is 2.61 bits per heavy atom. The van der Waals surface area contributed by atoms with Crippen molar-refractivity contribution in [3.63, 3.8) is 0 Å². The van der Waals surface area contributed by atoms with Crippen LogP contribution < -0.4 is 10.6 Å². The SMILES string of the molecule is O=C(Nc1cccc2ccccc12)c1nn2c(c1Br)N[C@H](c1ccc(Br)o1)C[C@H]2C(F)(F)F. The van der Waals surface area contributed by atoms with Gasteiger partial charge in [-0.3, -0.25) is 4.79 Å². The molecule has 0 aliphatic carbocycles. The van der Waals surface area contributed by atoms with E-state index in [-0.39, 0.29) is 22.4 Å². The molecule has 0 spiro atoms. The van der Waals surface area contributed by atoms with Gasteiger partial charge in [0.1, 0.15) is 11.6 Å². The van der Waals surface area contributed by atoms with Gasteiger partial charge in [0.05, 0.1) is 10.5 Å². The zero-order chi connectivity index (χ0) is 23.3. The van der Waals surface area contributed by atoms with E-state index in [2.05, 4.69) is 47.6 Å². The molecule has 2 aromatic heterocycles. The lowest BCUT2D eigenvalue weighted by Crippen LogP contribution is -2.35. The number of carbonyl (C=O) groups excluding carboxylic acids is 1. The topological polar surface area (TPSA) is 72.1 Å². The Labute approximate surface area is 202 Å². The molecule has 33 heavy (non-hydrogen) atoms. The van der Waals surface area contributed by atoms with E-state index in [9.17, 15) is 18.0 Å². The molecule has 4 aromatic rings. The second-order valence-electron chi connectivity index (χ2n) is 7.57. The number of halogens is 5. The maximum absolute atomic E-state index is 13.9. The quantitative estimate of drug-likeness (QED) is 0.271. The normalized spacial score (nSPS) is 18.1. The number of nitrogens with one attached hydrogen (secondary N) is 2. The maximum atomic E-state index is 13.9. The van der Waals surface area contributed by atoms with Crippen molar-refractivity contribution in [3.8, 4) is 0 Å². The summed E-state index contributed by atoms with van der Waals surface area (Å²) in [6.45, 7) is 0. The number of rotatable bonds is 3. The highest BCUT2D eigenvalue weighted by Crippen LogP contribution is 2.46. The van der Waals surface area contributed by atoms with Gasteiger partial charge in [-0.2, -0.15) is 18.3 Å². The third-order valence-corrected chi connectivity index (χ3v) is 6.66. The number of alkyl halides is 3. The zero-order valence-corrected chi connectivity index (χ0v) is 19.8. The van der Waals surface area contributed by atoms with Crippen LogP contribution in [0.5, 0.6) is 0 Å². The molecule has 5 rings (SSSR count). The number of hydrogen-bond acceptors (Lipinski definition) is 4. The lowest BCUT2D eigenvalue weighted by Gasteiger charge is -2.32. The highest BCUT2D eigenvalue weighted by Gasteiger charge is 2.48. The summed E-state index contributed by atoms with van der Waals surface area (Å²) in [7, 11) is 0. The van der Waals surface area contributed by atoms with Crippen molar-refractivity contribution in [2.75, 3.05) is 10.6 Å². The molecule has 0 bridgehead atoms. The molecule has 1 aliphatic heterocycles. The number of fused-ring (bicyclic) bond motifs is 2. The van der Waals surface area contributed by atoms with Crippen molar-refractivity contribution in [1.82, 2.24) is 9.78 Å². The summed E-state index contributed by atoms with van der Waals surface area (Å²) in [5, 5.41) is 11.6. The standard InChI is InChI=1S/C22H15Br2F3N4O2/c23-17-9-8-15(33-17)14-10-16(22(25,26)27)31-20(28-14)18(24)19(30-31)21(32)29-13-7-3-5-11-4-1-2-6-12(11)13/h1-9,14,16,28H,10H2,(H,29,32)/t14-,16-/m0/s1.